The predicted molar refractivity (Wildman–Crippen MR) is 108 cm³/mol. The molecule has 6 nitrogen and oxygen atoms in total. The minimum atomic E-state index is -0.140. The van der Waals surface area contributed by atoms with E-state index in [1.54, 1.807) is 6.20 Å². The minimum absolute atomic E-state index is 0.0128. The first kappa shape index (κ1) is 18.9. The number of hydrogen-bond donors (Lipinski definition) is 2. The van der Waals surface area contributed by atoms with Crippen molar-refractivity contribution >= 4 is 6.03 Å². The zero-order chi connectivity index (χ0) is 19.7. The van der Waals surface area contributed by atoms with E-state index >= 15 is 0 Å². The molecule has 1 spiro atoms. The van der Waals surface area contributed by atoms with Gasteiger partial charge in [0.15, 0.2) is 0 Å². The second-order valence-corrected chi connectivity index (χ2v) is 8.19. The van der Waals surface area contributed by atoms with Crippen LogP contribution in [0.15, 0.2) is 54.9 Å². The summed E-state index contributed by atoms with van der Waals surface area (Å²) in [5, 5.41) is 13.1. The number of urea groups is 1. The van der Waals surface area contributed by atoms with E-state index in [1.165, 1.54) is 5.56 Å². The minimum Gasteiger partial charge on any atom is -0.395 e. The number of aliphatic hydroxyl groups excluding tert-OH is 1. The third-order valence-electron chi connectivity index (χ3n) is 5.99. The highest BCUT2D eigenvalue weighted by Gasteiger charge is 2.66. The number of amides is 2. The molecule has 2 aromatic rings. The van der Waals surface area contributed by atoms with Crippen molar-refractivity contribution in [2.75, 3.05) is 19.7 Å². The summed E-state index contributed by atoms with van der Waals surface area (Å²) >= 11 is 0. The number of carbonyl (C=O) groups is 1. The van der Waals surface area contributed by atoms with Crippen LogP contribution in [-0.4, -0.2) is 63.2 Å². The Morgan fingerprint density at radius 3 is 2.61 bits per heavy atom. The third-order valence-corrected chi connectivity index (χ3v) is 5.99. The van der Waals surface area contributed by atoms with Gasteiger partial charge < -0.3 is 15.3 Å². The van der Waals surface area contributed by atoms with Gasteiger partial charge in [0.25, 0.3) is 0 Å². The van der Waals surface area contributed by atoms with Crippen LogP contribution in [0.3, 0.4) is 0 Å². The van der Waals surface area contributed by atoms with Crippen molar-refractivity contribution in [3.05, 3.63) is 66.0 Å². The van der Waals surface area contributed by atoms with E-state index < -0.39 is 0 Å². The topological polar surface area (TPSA) is 68.7 Å². The first-order chi connectivity index (χ1) is 13.5. The van der Waals surface area contributed by atoms with Crippen LogP contribution in [-0.2, 0) is 6.54 Å². The summed E-state index contributed by atoms with van der Waals surface area (Å²) in [5.74, 6) is 0.207. The van der Waals surface area contributed by atoms with Crippen LogP contribution < -0.4 is 5.32 Å². The van der Waals surface area contributed by atoms with Crippen LogP contribution in [0.5, 0.6) is 0 Å². The Morgan fingerprint density at radius 2 is 2.00 bits per heavy atom. The summed E-state index contributed by atoms with van der Waals surface area (Å²) in [5.41, 5.74) is 2.21. The highest BCUT2D eigenvalue weighted by molar-refractivity contribution is 5.76. The Bertz CT molecular complexity index is 806. The van der Waals surface area contributed by atoms with Crippen molar-refractivity contribution in [3.8, 4) is 0 Å². The Labute approximate surface area is 166 Å². The lowest BCUT2D eigenvalue weighted by Gasteiger charge is -2.70. The fraction of sp³-hybridized carbons (Fsp3) is 0.455. The van der Waals surface area contributed by atoms with Gasteiger partial charge in [-0.2, -0.15) is 0 Å². The van der Waals surface area contributed by atoms with Gasteiger partial charge in [-0.05, 0) is 31.0 Å². The van der Waals surface area contributed by atoms with Gasteiger partial charge in [0, 0.05) is 50.0 Å². The molecule has 2 amide bonds. The molecule has 0 bridgehead atoms. The normalized spacial score (nSPS) is 23.4. The maximum absolute atomic E-state index is 12.5. The molecule has 2 saturated heterocycles. The van der Waals surface area contributed by atoms with Crippen LogP contribution in [0.4, 0.5) is 4.79 Å². The monoisotopic (exact) mass is 380 g/mol. The fourth-order valence-electron chi connectivity index (χ4n) is 4.80. The van der Waals surface area contributed by atoms with Crippen molar-refractivity contribution in [1.82, 2.24) is 20.1 Å². The van der Waals surface area contributed by atoms with Crippen LogP contribution in [0.2, 0.25) is 0 Å². The summed E-state index contributed by atoms with van der Waals surface area (Å²) in [4.78, 5) is 20.9. The molecule has 0 aliphatic carbocycles. The summed E-state index contributed by atoms with van der Waals surface area (Å²) in [6.45, 7) is 6.10. The number of rotatable bonds is 5. The Hall–Kier alpha value is -2.44. The molecular weight excluding hydrogens is 352 g/mol. The molecule has 3 heterocycles. The van der Waals surface area contributed by atoms with Gasteiger partial charge in [0.2, 0.25) is 0 Å². The second-order valence-electron chi connectivity index (χ2n) is 8.19. The average Bonchev–Trinajstić information content (AvgIpc) is 2.65. The van der Waals surface area contributed by atoms with Crippen LogP contribution in [0.25, 0.3) is 0 Å². The number of pyridine rings is 1. The van der Waals surface area contributed by atoms with Crippen molar-refractivity contribution in [1.29, 1.82) is 0 Å². The van der Waals surface area contributed by atoms with E-state index in [1.807, 2.05) is 49.2 Å². The number of benzene rings is 1. The van der Waals surface area contributed by atoms with Crippen molar-refractivity contribution < 1.29 is 9.90 Å². The average molecular weight is 380 g/mol. The molecule has 28 heavy (non-hydrogen) atoms. The number of carbonyl (C=O) groups excluding carboxylic acids is 1. The molecule has 148 valence electrons. The summed E-state index contributed by atoms with van der Waals surface area (Å²) in [6.07, 6.45) is 3.65. The quantitative estimate of drug-likeness (QED) is 0.835. The summed E-state index contributed by atoms with van der Waals surface area (Å²) < 4.78 is 0. The number of nitrogens with one attached hydrogen (secondary N) is 1. The molecule has 0 unspecified atom stereocenters. The van der Waals surface area contributed by atoms with Gasteiger partial charge in [-0.25, -0.2) is 4.79 Å². The predicted octanol–water partition coefficient (Wildman–Crippen LogP) is 2.21. The third kappa shape index (κ3) is 3.16. The van der Waals surface area contributed by atoms with Gasteiger partial charge in [0.05, 0.1) is 12.1 Å². The molecule has 2 atom stereocenters. The number of likely N-dealkylation sites (tertiary alicyclic amines) is 2. The molecule has 2 fully saturated rings. The van der Waals surface area contributed by atoms with Gasteiger partial charge in [0.1, 0.15) is 0 Å². The molecule has 4 rings (SSSR count). The van der Waals surface area contributed by atoms with E-state index in [0.29, 0.717) is 13.1 Å². The fourth-order valence-corrected chi connectivity index (χ4v) is 4.80. The number of hydrogen-bond acceptors (Lipinski definition) is 4. The summed E-state index contributed by atoms with van der Waals surface area (Å²) in [7, 11) is 0. The lowest BCUT2D eigenvalue weighted by molar-refractivity contribution is -0.183. The van der Waals surface area contributed by atoms with Crippen molar-refractivity contribution in [3.63, 3.8) is 0 Å². The first-order valence-corrected chi connectivity index (χ1v) is 9.92. The van der Waals surface area contributed by atoms with E-state index in [-0.39, 0.29) is 36.2 Å². The highest BCUT2D eigenvalue weighted by atomic mass is 16.3. The SMILES string of the molecule is CC(C)NC(=O)N1CC2(C1)[C@H](c1ccccc1)[C@@H](CO)N2Cc1cccnc1. The second kappa shape index (κ2) is 7.53. The number of nitrogens with zero attached hydrogens (tertiary/aromatic N) is 3. The first-order valence-electron chi connectivity index (χ1n) is 9.92. The molecule has 2 N–H and O–H groups in total. The lowest BCUT2D eigenvalue weighted by atomic mass is 9.60. The smallest absolute Gasteiger partial charge is 0.317 e. The number of aliphatic hydroxyl groups is 1. The van der Waals surface area contributed by atoms with Gasteiger partial charge >= 0.3 is 6.03 Å². The van der Waals surface area contributed by atoms with E-state index in [2.05, 4.69) is 33.4 Å². The Kier molecular flexibility index (Phi) is 5.08. The standard InChI is InChI=1S/C22H28N4O2/c1-16(2)24-21(28)25-14-22(15-25)20(18-8-4-3-5-9-18)19(13-27)26(22)12-17-7-6-10-23-11-17/h3-11,16,19-20,27H,12-15H2,1-2H3,(H,24,28)/t19-,20-/m1/s1. The maximum atomic E-state index is 12.5. The maximum Gasteiger partial charge on any atom is 0.317 e. The van der Waals surface area contributed by atoms with Gasteiger partial charge in [-0.1, -0.05) is 36.4 Å². The Morgan fingerprint density at radius 1 is 1.25 bits per heavy atom. The molecular formula is C22H28N4O2. The molecule has 1 aromatic heterocycles. The van der Waals surface area contributed by atoms with E-state index in [0.717, 1.165) is 12.1 Å². The molecule has 2 aliphatic heterocycles. The molecule has 0 saturated carbocycles. The Balaban J connectivity index is 1.59. The van der Waals surface area contributed by atoms with E-state index in [9.17, 15) is 9.90 Å². The van der Waals surface area contributed by atoms with Crippen molar-refractivity contribution in [2.24, 2.45) is 0 Å². The highest BCUT2D eigenvalue weighted by Crippen LogP contribution is 2.54. The van der Waals surface area contributed by atoms with Crippen LogP contribution >= 0.6 is 0 Å². The molecule has 1 aromatic carbocycles. The van der Waals surface area contributed by atoms with Gasteiger partial charge in [-0.15, -0.1) is 0 Å². The van der Waals surface area contributed by atoms with Gasteiger partial charge in [-0.3, -0.25) is 9.88 Å². The van der Waals surface area contributed by atoms with Crippen LogP contribution in [0, 0.1) is 0 Å². The number of aromatic nitrogens is 1. The molecule has 2 aliphatic rings. The zero-order valence-corrected chi connectivity index (χ0v) is 16.5. The van der Waals surface area contributed by atoms with E-state index in [4.69, 9.17) is 0 Å². The van der Waals surface area contributed by atoms with Crippen LogP contribution in [0.1, 0.15) is 30.9 Å². The zero-order valence-electron chi connectivity index (χ0n) is 16.5. The molecule has 6 heteroatoms. The lowest BCUT2D eigenvalue weighted by Crippen LogP contribution is -2.85. The largest absolute Gasteiger partial charge is 0.395 e. The molecule has 0 radical (unpaired) electrons. The van der Waals surface area contributed by atoms with Crippen molar-refractivity contribution in [2.45, 2.75) is 43.9 Å². The summed E-state index contributed by atoms with van der Waals surface area (Å²) in [6, 6.07) is 14.5.